The lowest BCUT2D eigenvalue weighted by Gasteiger charge is -2.19. The Morgan fingerprint density at radius 3 is 2.18 bits per heavy atom. The predicted molar refractivity (Wildman–Crippen MR) is 61.1 cm³/mol. The molecule has 3 atom stereocenters. The van der Waals surface area contributed by atoms with Crippen molar-refractivity contribution in [3.8, 4) is 0 Å². The van der Waals surface area contributed by atoms with Crippen LogP contribution in [0, 0.1) is 11.8 Å². The smallest absolute Gasteiger partial charge is 0.233 e. The highest BCUT2D eigenvalue weighted by Crippen LogP contribution is 2.38. The molecular weight excluding hydrogens is 218 g/mol. The number of rotatable bonds is 2. The van der Waals surface area contributed by atoms with E-state index in [1.807, 2.05) is 0 Å². The minimum absolute atomic E-state index is 0.0161. The molecule has 0 N–H and O–H groups in total. The van der Waals surface area contributed by atoms with Gasteiger partial charge < -0.3 is 4.74 Å². The molecule has 3 fully saturated rings. The molecule has 0 unspecified atom stereocenters. The zero-order chi connectivity index (χ0) is 11.8. The molecule has 2 amide bonds. The second-order valence-electron chi connectivity index (χ2n) is 5.42. The molecule has 3 rings (SSSR count). The summed E-state index contributed by atoms with van der Waals surface area (Å²) >= 11 is 0. The lowest BCUT2D eigenvalue weighted by molar-refractivity contribution is -0.141. The number of hydrogen-bond donors (Lipinski definition) is 0. The summed E-state index contributed by atoms with van der Waals surface area (Å²) in [4.78, 5) is 25.9. The second kappa shape index (κ2) is 4.41. The van der Waals surface area contributed by atoms with Gasteiger partial charge in [-0.3, -0.25) is 14.5 Å². The van der Waals surface area contributed by atoms with Crippen LogP contribution in [-0.2, 0) is 14.3 Å². The van der Waals surface area contributed by atoms with E-state index in [2.05, 4.69) is 0 Å². The van der Waals surface area contributed by atoms with E-state index < -0.39 is 0 Å². The summed E-state index contributed by atoms with van der Waals surface area (Å²) < 4.78 is 5.52. The number of carbonyl (C=O) groups excluding carboxylic acids is 2. The Kier molecular flexibility index (Phi) is 2.90. The molecule has 4 nitrogen and oxygen atoms in total. The molecule has 0 aromatic carbocycles. The first-order chi connectivity index (χ1) is 8.27. The Hall–Kier alpha value is -0.900. The van der Waals surface area contributed by atoms with Crippen LogP contribution in [0.3, 0.4) is 0 Å². The van der Waals surface area contributed by atoms with E-state index in [4.69, 9.17) is 4.74 Å². The van der Waals surface area contributed by atoms with Crippen molar-refractivity contribution in [2.24, 2.45) is 11.8 Å². The number of ether oxygens (including phenoxy) is 1. The molecule has 2 heterocycles. The van der Waals surface area contributed by atoms with Gasteiger partial charge in [0.25, 0.3) is 0 Å². The summed E-state index contributed by atoms with van der Waals surface area (Å²) in [6, 6.07) is 0. The number of likely N-dealkylation sites (tertiary alicyclic amines) is 1. The third-order valence-corrected chi connectivity index (χ3v) is 4.34. The summed E-state index contributed by atoms with van der Waals surface area (Å²) in [5.41, 5.74) is 0. The lowest BCUT2D eigenvalue weighted by Crippen LogP contribution is -2.37. The summed E-state index contributed by atoms with van der Waals surface area (Å²) in [5, 5.41) is 0. The second-order valence-corrected chi connectivity index (χ2v) is 5.42. The van der Waals surface area contributed by atoms with Gasteiger partial charge in [0, 0.05) is 6.61 Å². The van der Waals surface area contributed by atoms with Crippen molar-refractivity contribution in [1.82, 2.24) is 4.90 Å². The predicted octanol–water partition coefficient (Wildman–Crippen LogP) is 1.34. The lowest BCUT2D eigenvalue weighted by atomic mass is 9.81. The van der Waals surface area contributed by atoms with Gasteiger partial charge in [0.1, 0.15) is 0 Å². The van der Waals surface area contributed by atoms with Crippen molar-refractivity contribution < 1.29 is 14.3 Å². The van der Waals surface area contributed by atoms with E-state index in [0.717, 1.165) is 45.1 Å². The fourth-order valence-electron chi connectivity index (χ4n) is 3.40. The quantitative estimate of drug-likeness (QED) is 0.681. The summed E-state index contributed by atoms with van der Waals surface area (Å²) in [6.45, 7) is 1.26. The van der Waals surface area contributed by atoms with Crippen LogP contribution in [0.4, 0.5) is 0 Å². The van der Waals surface area contributed by atoms with Crippen molar-refractivity contribution in [2.75, 3.05) is 13.2 Å². The van der Waals surface area contributed by atoms with Crippen molar-refractivity contribution in [1.29, 1.82) is 0 Å². The zero-order valence-corrected chi connectivity index (χ0v) is 10.1. The highest BCUT2D eigenvalue weighted by Gasteiger charge is 2.48. The molecule has 17 heavy (non-hydrogen) atoms. The Morgan fingerprint density at radius 1 is 1.00 bits per heavy atom. The number of carbonyl (C=O) groups is 2. The van der Waals surface area contributed by atoms with E-state index in [9.17, 15) is 9.59 Å². The van der Waals surface area contributed by atoms with E-state index >= 15 is 0 Å². The summed E-state index contributed by atoms with van der Waals surface area (Å²) in [6.07, 6.45) is 6.10. The van der Waals surface area contributed by atoms with Crippen LogP contribution in [-0.4, -0.2) is 36.0 Å². The van der Waals surface area contributed by atoms with Gasteiger partial charge in [-0.15, -0.1) is 0 Å². The molecule has 3 aliphatic rings. The SMILES string of the molecule is O=C1[C@@H]2CCCC[C@H]2C(=O)N1C[C@@H]1CCCO1. The molecule has 2 saturated heterocycles. The third kappa shape index (κ3) is 1.88. The first kappa shape index (κ1) is 11.2. The highest BCUT2D eigenvalue weighted by molar-refractivity contribution is 6.05. The molecule has 2 aliphatic heterocycles. The number of nitrogens with zero attached hydrogens (tertiary/aromatic N) is 1. The number of hydrogen-bond acceptors (Lipinski definition) is 3. The molecule has 0 aromatic heterocycles. The summed E-state index contributed by atoms with van der Waals surface area (Å²) in [5.74, 6) is 0.0979. The van der Waals surface area contributed by atoms with E-state index in [1.54, 1.807) is 0 Å². The average Bonchev–Trinajstić information content (AvgIpc) is 2.94. The number of imide groups is 1. The molecule has 4 heteroatoms. The highest BCUT2D eigenvalue weighted by atomic mass is 16.5. The fraction of sp³-hybridized carbons (Fsp3) is 0.846. The molecule has 94 valence electrons. The first-order valence-electron chi connectivity index (χ1n) is 6.74. The van der Waals surface area contributed by atoms with E-state index in [1.165, 1.54) is 4.90 Å². The molecule has 0 spiro atoms. The average molecular weight is 237 g/mol. The van der Waals surface area contributed by atoms with Crippen LogP contribution in [0.25, 0.3) is 0 Å². The van der Waals surface area contributed by atoms with Crippen molar-refractivity contribution in [2.45, 2.75) is 44.6 Å². The topological polar surface area (TPSA) is 46.6 Å². The molecule has 0 aromatic rings. The summed E-state index contributed by atoms with van der Waals surface area (Å²) in [7, 11) is 0. The molecule has 1 aliphatic carbocycles. The first-order valence-corrected chi connectivity index (χ1v) is 6.74. The maximum atomic E-state index is 12.2. The van der Waals surface area contributed by atoms with Crippen LogP contribution in [0.15, 0.2) is 0 Å². The minimum atomic E-state index is -0.0161. The Morgan fingerprint density at radius 2 is 1.65 bits per heavy atom. The van der Waals surface area contributed by atoms with Gasteiger partial charge >= 0.3 is 0 Å². The minimum Gasteiger partial charge on any atom is -0.376 e. The van der Waals surface area contributed by atoms with E-state index in [-0.39, 0.29) is 29.8 Å². The van der Waals surface area contributed by atoms with Crippen LogP contribution in [0.2, 0.25) is 0 Å². The Bertz CT molecular complexity index is 312. The van der Waals surface area contributed by atoms with Gasteiger partial charge in [0.2, 0.25) is 11.8 Å². The monoisotopic (exact) mass is 237 g/mol. The van der Waals surface area contributed by atoms with Crippen LogP contribution in [0.1, 0.15) is 38.5 Å². The molecule has 0 radical (unpaired) electrons. The maximum Gasteiger partial charge on any atom is 0.233 e. The fourth-order valence-corrected chi connectivity index (χ4v) is 3.40. The van der Waals surface area contributed by atoms with E-state index in [0.29, 0.717) is 6.54 Å². The van der Waals surface area contributed by atoms with Gasteiger partial charge in [0.15, 0.2) is 0 Å². The largest absolute Gasteiger partial charge is 0.376 e. The van der Waals surface area contributed by atoms with Crippen molar-refractivity contribution in [3.05, 3.63) is 0 Å². The van der Waals surface area contributed by atoms with Gasteiger partial charge in [-0.05, 0) is 25.7 Å². The van der Waals surface area contributed by atoms with Crippen LogP contribution in [0.5, 0.6) is 0 Å². The van der Waals surface area contributed by atoms with Crippen molar-refractivity contribution >= 4 is 11.8 Å². The van der Waals surface area contributed by atoms with Crippen molar-refractivity contribution in [3.63, 3.8) is 0 Å². The Balaban J connectivity index is 1.71. The normalized spacial score (nSPS) is 37.6. The third-order valence-electron chi connectivity index (χ3n) is 4.34. The van der Waals surface area contributed by atoms with Gasteiger partial charge in [-0.1, -0.05) is 12.8 Å². The van der Waals surface area contributed by atoms with Gasteiger partial charge in [0.05, 0.1) is 24.5 Å². The zero-order valence-electron chi connectivity index (χ0n) is 10.1. The molecular formula is C13H19NO3. The van der Waals surface area contributed by atoms with Gasteiger partial charge in [-0.25, -0.2) is 0 Å². The standard InChI is InChI=1S/C13H19NO3/c15-12-10-5-1-2-6-11(10)13(16)14(12)8-9-4-3-7-17-9/h9-11H,1-8H2/t9-,10+,11+/m0/s1. The maximum absolute atomic E-state index is 12.2. The molecule has 0 bridgehead atoms. The molecule has 1 saturated carbocycles. The van der Waals surface area contributed by atoms with Gasteiger partial charge in [-0.2, -0.15) is 0 Å². The van der Waals surface area contributed by atoms with Crippen LogP contribution >= 0.6 is 0 Å². The Labute approximate surface area is 101 Å². The number of fused-ring (bicyclic) bond motifs is 1. The van der Waals surface area contributed by atoms with Crippen LogP contribution < -0.4 is 0 Å². The number of amides is 2.